The van der Waals surface area contributed by atoms with Crippen molar-refractivity contribution in [2.45, 2.75) is 58.0 Å². The summed E-state index contributed by atoms with van der Waals surface area (Å²) < 4.78 is 0. The van der Waals surface area contributed by atoms with Crippen LogP contribution in [0.3, 0.4) is 0 Å². The molecule has 6 rings (SSSR count). The van der Waals surface area contributed by atoms with Crippen molar-refractivity contribution >= 4 is 5.91 Å². The van der Waals surface area contributed by atoms with Crippen molar-refractivity contribution in [2.75, 3.05) is 32.7 Å². The van der Waals surface area contributed by atoms with Crippen molar-refractivity contribution in [1.82, 2.24) is 15.1 Å². The predicted molar refractivity (Wildman–Crippen MR) is 116 cm³/mol. The molecule has 1 heterocycles. The first-order valence-corrected chi connectivity index (χ1v) is 11.9. The first-order valence-electron chi connectivity index (χ1n) is 11.9. The van der Waals surface area contributed by atoms with E-state index in [1.54, 1.807) is 0 Å². The minimum absolute atomic E-state index is 0.0165. The highest BCUT2D eigenvalue weighted by molar-refractivity contribution is 5.83. The van der Waals surface area contributed by atoms with Gasteiger partial charge in [0.1, 0.15) is 0 Å². The summed E-state index contributed by atoms with van der Waals surface area (Å²) in [6.45, 7) is 8.67. The van der Waals surface area contributed by atoms with Crippen LogP contribution in [-0.4, -0.2) is 54.5 Å². The molecule has 4 nitrogen and oxygen atoms in total. The van der Waals surface area contributed by atoms with Gasteiger partial charge in [0, 0.05) is 50.7 Å². The Morgan fingerprint density at radius 2 is 1.52 bits per heavy atom. The van der Waals surface area contributed by atoms with Gasteiger partial charge in [0.05, 0.1) is 0 Å². The summed E-state index contributed by atoms with van der Waals surface area (Å²) >= 11 is 0. The summed E-state index contributed by atoms with van der Waals surface area (Å²) in [6.07, 6.45) is 7.68. The molecule has 1 aromatic carbocycles. The SMILES string of the molecule is C[C@@H](CN1CCN(Cc2ccccc2)CC1)NC(=O)C12CC3CC(CC(C3)C1)C2. The maximum Gasteiger partial charge on any atom is 0.226 e. The Labute approximate surface area is 176 Å². The quantitative estimate of drug-likeness (QED) is 0.800. The highest BCUT2D eigenvalue weighted by Crippen LogP contribution is 2.60. The average molecular weight is 396 g/mol. The van der Waals surface area contributed by atoms with Crippen LogP contribution >= 0.6 is 0 Å². The van der Waals surface area contributed by atoms with Crippen molar-refractivity contribution in [2.24, 2.45) is 23.2 Å². The van der Waals surface area contributed by atoms with Gasteiger partial charge in [0.15, 0.2) is 0 Å². The lowest BCUT2D eigenvalue weighted by molar-refractivity contribution is -0.147. The molecule has 0 radical (unpaired) electrons. The number of piperazine rings is 1. The lowest BCUT2D eigenvalue weighted by atomic mass is 9.49. The highest BCUT2D eigenvalue weighted by Gasteiger charge is 2.54. The third kappa shape index (κ3) is 4.25. The molecule has 5 fully saturated rings. The summed E-state index contributed by atoms with van der Waals surface area (Å²) in [6, 6.07) is 11.0. The summed E-state index contributed by atoms with van der Waals surface area (Å²) in [5, 5.41) is 3.44. The average Bonchev–Trinajstić information content (AvgIpc) is 2.69. The van der Waals surface area contributed by atoms with Gasteiger partial charge in [-0.25, -0.2) is 0 Å². The summed E-state index contributed by atoms with van der Waals surface area (Å²) in [5.74, 6) is 2.88. The van der Waals surface area contributed by atoms with E-state index in [2.05, 4.69) is 52.4 Å². The molecule has 1 amide bonds. The maximum absolute atomic E-state index is 13.3. The van der Waals surface area contributed by atoms with Gasteiger partial charge in [-0.3, -0.25) is 14.6 Å². The minimum Gasteiger partial charge on any atom is -0.352 e. The van der Waals surface area contributed by atoms with E-state index >= 15 is 0 Å². The number of carbonyl (C=O) groups excluding carboxylic acids is 1. The fraction of sp³-hybridized carbons (Fsp3) is 0.720. The molecule has 1 saturated heterocycles. The third-order valence-corrected chi connectivity index (χ3v) is 8.14. The van der Waals surface area contributed by atoms with E-state index in [0.717, 1.165) is 76.3 Å². The molecule has 158 valence electrons. The van der Waals surface area contributed by atoms with E-state index in [-0.39, 0.29) is 11.5 Å². The van der Waals surface area contributed by atoms with Gasteiger partial charge >= 0.3 is 0 Å². The smallest absolute Gasteiger partial charge is 0.226 e. The van der Waals surface area contributed by atoms with E-state index in [0.29, 0.717) is 5.91 Å². The van der Waals surface area contributed by atoms with Crippen molar-refractivity contribution in [3.8, 4) is 0 Å². The standard InChI is InChI=1S/C25H37N3O/c1-19(17-27-7-9-28(10-8-27)18-20-5-3-2-4-6-20)26-24(29)25-14-21-11-22(15-25)13-23(12-21)16-25/h2-6,19,21-23H,7-18H2,1H3,(H,26,29)/t19-,21?,22?,23?,25?/m0/s1. The van der Waals surface area contributed by atoms with E-state index < -0.39 is 0 Å². The molecule has 4 aliphatic carbocycles. The zero-order valence-corrected chi connectivity index (χ0v) is 18.0. The number of nitrogens with one attached hydrogen (secondary N) is 1. The number of rotatable bonds is 6. The van der Waals surface area contributed by atoms with Gasteiger partial charge in [-0.1, -0.05) is 30.3 Å². The molecule has 0 spiro atoms. The van der Waals surface area contributed by atoms with Crippen LogP contribution in [0.15, 0.2) is 30.3 Å². The van der Waals surface area contributed by atoms with E-state index in [1.807, 2.05) is 0 Å². The fourth-order valence-corrected chi connectivity index (χ4v) is 7.17. The number of hydrogen-bond donors (Lipinski definition) is 1. The van der Waals surface area contributed by atoms with Gasteiger partial charge in [0.2, 0.25) is 5.91 Å². The molecule has 4 heteroatoms. The molecule has 1 aliphatic heterocycles. The Bertz CT molecular complexity index is 675. The second kappa shape index (κ2) is 8.03. The Morgan fingerprint density at radius 3 is 2.10 bits per heavy atom. The van der Waals surface area contributed by atoms with Gasteiger partial charge in [-0.15, -0.1) is 0 Å². The first-order chi connectivity index (χ1) is 14.1. The molecule has 5 aliphatic rings. The summed E-state index contributed by atoms with van der Waals surface area (Å²) in [7, 11) is 0. The maximum atomic E-state index is 13.3. The van der Waals surface area contributed by atoms with Crippen LogP contribution in [0.1, 0.15) is 51.0 Å². The molecule has 1 aromatic rings. The van der Waals surface area contributed by atoms with Gasteiger partial charge in [-0.05, 0) is 68.8 Å². The van der Waals surface area contributed by atoms with Crippen molar-refractivity contribution in [3.05, 3.63) is 35.9 Å². The topological polar surface area (TPSA) is 35.6 Å². The Kier molecular flexibility index (Phi) is 5.42. The first kappa shape index (κ1) is 19.6. The van der Waals surface area contributed by atoms with Crippen molar-refractivity contribution < 1.29 is 4.79 Å². The Morgan fingerprint density at radius 1 is 0.966 bits per heavy atom. The Balaban J connectivity index is 1.09. The molecule has 4 saturated carbocycles. The van der Waals surface area contributed by atoms with Crippen LogP contribution in [0.25, 0.3) is 0 Å². The van der Waals surface area contributed by atoms with Crippen LogP contribution < -0.4 is 5.32 Å². The van der Waals surface area contributed by atoms with Gasteiger partial charge in [0.25, 0.3) is 0 Å². The Hall–Kier alpha value is -1.39. The second-order valence-electron chi connectivity index (χ2n) is 10.6. The number of amides is 1. The second-order valence-corrected chi connectivity index (χ2v) is 10.6. The molecule has 0 aromatic heterocycles. The molecule has 4 bridgehead atoms. The van der Waals surface area contributed by atoms with Gasteiger partial charge < -0.3 is 5.32 Å². The van der Waals surface area contributed by atoms with Crippen LogP contribution in [0.5, 0.6) is 0 Å². The lowest BCUT2D eigenvalue weighted by Crippen LogP contribution is -2.56. The van der Waals surface area contributed by atoms with Crippen LogP contribution in [-0.2, 0) is 11.3 Å². The van der Waals surface area contributed by atoms with Gasteiger partial charge in [-0.2, -0.15) is 0 Å². The lowest BCUT2D eigenvalue weighted by Gasteiger charge is -2.55. The zero-order chi connectivity index (χ0) is 19.8. The van der Waals surface area contributed by atoms with Crippen LogP contribution in [0.2, 0.25) is 0 Å². The molecule has 1 N–H and O–H groups in total. The molecule has 0 unspecified atom stereocenters. The minimum atomic E-state index is -0.0165. The van der Waals surface area contributed by atoms with Crippen molar-refractivity contribution in [1.29, 1.82) is 0 Å². The molecular weight excluding hydrogens is 358 g/mol. The number of benzene rings is 1. The fourth-order valence-electron chi connectivity index (χ4n) is 7.17. The number of carbonyl (C=O) groups is 1. The van der Waals surface area contributed by atoms with Crippen LogP contribution in [0.4, 0.5) is 0 Å². The summed E-state index contributed by atoms with van der Waals surface area (Å²) in [5.41, 5.74) is 1.38. The molecule has 1 atom stereocenters. The third-order valence-electron chi connectivity index (χ3n) is 8.14. The largest absolute Gasteiger partial charge is 0.352 e. The van der Waals surface area contributed by atoms with E-state index in [9.17, 15) is 4.79 Å². The van der Waals surface area contributed by atoms with E-state index in [4.69, 9.17) is 0 Å². The number of hydrogen-bond acceptors (Lipinski definition) is 3. The summed E-state index contributed by atoms with van der Waals surface area (Å²) in [4.78, 5) is 18.3. The van der Waals surface area contributed by atoms with Crippen molar-refractivity contribution in [3.63, 3.8) is 0 Å². The van der Waals surface area contributed by atoms with Crippen LogP contribution in [0, 0.1) is 23.2 Å². The van der Waals surface area contributed by atoms with E-state index in [1.165, 1.54) is 24.8 Å². The zero-order valence-electron chi connectivity index (χ0n) is 18.0. The highest BCUT2D eigenvalue weighted by atomic mass is 16.2. The predicted octanol–water partition coefficient (Wildman–Crippen LogP) is 3.53. The monoisotopic (exact) mass is 395 g/mol. The normalized spacial score (nSPS) is 35.6. The molecular formula is C25H37N3O. The number of nitrogens with zero attached hydrogens (tertiary/aromatic N) is 2. The molecule has 29 heavy (non-hydrogen) atoms.